The van der Waals surface area contributed by atoms with E-state index in [1.807, 2.05) is 24.4 Å². The van der Waals surface area contributed by atoms with Crippen molar-refractivity contribution in [2.24, 2.45) is 0 Å². The van der Waals surface area contributed by atoms with Gasteiger partial charge < -0.3 is 21.1 Å². The molecule has 2 amide bonds. The van der Waals surface area contributed by atoms with Gasteiger partial charge in [-0.15, -0.1) is 0 Å². The van der Waals surface area contributed by atoms with Crippen molar-refractivity contribution in [2.75, 3.05) is 19.8 Å². The summed E-state index contributed by atoms with van der Waals surface area (Å²) in [4.78, 5) is 24.5. The van der Waals surface area contributed by atoms with E-state index in [9.17, 15) is 9.59 Å². The molecule has 0 atom stereocenters. The molecule has 0 radical (unpaired) electrons. The normalized spacial score (nSPS) is 17.6. The molecule has 1 aliphatic carbocycles. The molecule has 0 bridgehead atoms. The first-order chi connectivity index (χ1) is 13.6. The maximum atomic E-state index is 12.5. The molecule has 0 aromatic heterocycles. The first-order valence-electron chi connectivity index (χ1n) is 9.94. The predicted octanol–water partition coefficient (Wildman–Crippen LogP) is 0.100. The van der Waals surface area contributed by atoms with Gasteiger partial charge >= 0.3 is 5.91 Å². The number of benzene rings is 1. The van der Waals surface area contributed by atoms with E-state index >= 15 is 0 Å². The molecule has 0 spiro atoms. The Bertz CT molecular complexity index is 771. The Hall–Kier alpha value is -2.48. The number of amides is 2. The third-order valence-corrected chi connectivity index (χ3v) is 4.86. The summed E-state index contributed by atoms with van der Waals surface area (Å²) in [5, 5.41) is 7.76. The molecule has 1 saturated carbocycles. The zero-order valence-electron chi connectivity index (χ0n) is 16.4. The second-order valence-corrected chi connectivity index (χ2v) is 7.22. The van der Waals surface area contributed by atoms with Crippen molar-refractivity contribution in [1.29, 1.82) is 0 Å². The Kier molecular flexibility index (Phi) is 6.97. The molecule has 7 N–H and O–H groups in total. The van der Waals surface area contributed by atoms with Crippen LogP contribution in [-0.2, 0) is 9.53 Å². The standard InChI is InChI=1S/C21H28N4O3/c1-2-23-20(26)15-3-5-16(6-4-15)24-18(13-14-9-11-28-12-10-14)19(22)21(27)25-17-7-8-17/h3-6,13,17,24H,2,7-12,22H2,1H3,(H,23,26)(H,25,27)/p+2. The number of carbonyl (C=O) groups excluding carboxylic acids is 2. The van der Waals surface area contributed by atoms with Crippen molar-refractivity contribution in [1.82, 2.24) is 10.6 Å². The van der Waals surface area contributed by atoms with Crippen LogP contribution >= 0.6 is 0 Å². The lowest BCUT2D eigenvalue weighted by Crippen LogP contribution is -2.78. The van der Waals surface area contributed by atoms with Crippen molar-refractivity contribution in [3.05, 3.63) is 52.9 Å². The van der Waals surface area contributed by atoms with Crippen LogP contribution in [0.25, 0.3) is 0 Å². The average Bonchev–Trinajstić information content (AvgIpc) is 3.52. The third kappa shape index (κ3) is 5.76. The summed E-state index contributed by atoms with van der Waals surface area (Å²) in [7, 11) is 0. The summed E-state index contributed by atoms with van der Waals surface area (Å²) >= 11 is 0. The third-order valence-electron chi connectivity index (χ3n) is 4.86. The molecule has 2 aliphatic rings. The SMILES string of the molecule is CCNC(=O)c1ccc([NH2+]C(C=C2CCOCC2)=C([NH3+])C(=O)NC2CC2)cc1. The van der Waals surface area contributed by atoms with E-state index in [1.54, 1.807) is 12.1 Å². The van der Waals surface area contributed by atoms with Crippen LogP contribution in [0.4, 0.5) is 5.69 Å². The Morgan fingerprint density at radius 3 is 2.50 bits per heavy atom. The van der Waals surface area contributed by atoms with Crippen molar-refractivity contribution < 1.29 is 25.4 Å². The largest absolute Gasteiger partial charge is 0.381 e. The molecule has 2 fully saturated rings. The lowest BCUT2D eigenvalue weighted by Gasteiger charge is -2.15. The summed E-state index contributed by atoms with van der Waals surface area (Å²) < 4.78 is 5.42. The number of hydrogen-bond acceptors (Lipinski definition) is 3. The van der Waals surface area contributed by atoms with Gasteiger partial charge in [-0.1, -0.05) is 5.57 Å². The van der Waals surface area contributed by atoms with Crippen molar-refractivity contribution in [2.45, 2.75) is 38.6 Å². The van der Waals surface area contributed by atoms with Crippen LogP contribution < -0.4 is 21.7 Å². The van der Waals surface area contributed by atoms with Gasteiger partial charge in [-0.05, 0) is 44.7 Å². The Morgan fingerprint density at radius 2 is 1.89 bits per heavy atom. The minimum Gasteiger partial charge on any atom is -0.381 e. The first-order valence-corrected chi connectivity index (χ1v) is 9.94. The van der Waals surface area contributed by atoms with Crippen LogP contribution in [0.5, 0.6) is 0 Å². The summed E-state index contributed by atoms with van der Waals surface area (Å²) in [6.07, 6.45) is 5.88. The monoisotopic (exact) mass is 386 g/mol. The highest BCUT2D eigenvalue weighted by atomic mass is 16.5. The number of nitrogens with one attached hydrogen (secondary N) is 2. The van der Waals surface area contributed by atoms with Gasteiger partial charge in [0.15, 0.2) is 0 Å². The highest BCUT2D eigenvalue weighted by Gasteiger charge is 2.28. The Morgan fingerprint density at radius 1 is 1.21 bits per heavy atom. The fraction of sp³-hybridized carbons (Fsp3) is 0.429. The zero-order chi connectivity index (χ0) is 19.9. The molecular weight excluding hydrogens is 356 g/mol. The number of rotatable bonds is 7. The second-order valence-electron chi connectivity index (χ2n) is 7.22. The Balaban J connectivity index is 1.79. The van der Waals surface area contributed by atoms with E-state index in [0.717, 1.165) is 37.1 Å². The van der Waals surface area contributed by atoms with Crippen LogP contribution in [0.15, 0.2) is 47.3 Å². The van der Waals surface area contributed by atoms with Crippen LogP contribution in [0.1, 0.15) is 43.0 Å². The minimum atomic E-state index is -0.114. The van der Waals surface area contributed by atoms with Crippen LogP contribution in [0, 0.1) is 0 Å². The van der Waals surface area contributed by atoms with Crippen LogP contribution in [0.2, 0.25) is 0 Å². The van der Waals surface area contributed by atoms with Gasteiger partial charge in [-0.25, -0.2) is 0 Å². The second kappa shape index (κ2) is 9.64. The van der Waals surface area contributed by atoms with Crippen molar-refractivity contribution >= 4 is 17.5 Å². The summed E-state index contributed by atoms with van der Waals surface area (Å²) in [6, 6.07) is 7.65. The van der Waals surface area contributed by atoms with Gasteiger partial charge in [-0.3, -0.25) is 14.9 Å². The molecule has 1 saturated heterocycles. The Labute approximate surface area is 165 Å². The van der Waals surface area contributed by atoms with Gasteiger partial charge in [0.25, 0.3) is 11.6 Å². The molecule has 0 unspecified atom stereocenters. The van der Waals surface area contributed by atoms with Crippen molar-refractivity contribution in [3.63, 3.8) is 0 Å². The number of carbonyl (C=O) groups is 2. The molecule has 7 heteroatoms. The molecule has 3 rings (SSSR count). The number of quaternary nitrogens is 2. The number of ether oxygens (including phenoxy) is 1. The van der Waals surface area contributed by atoms with Crippen LogP contribution in [-0.4, -0.2) is 37.6 Å². The molecule has 28 heavy (non-hydrogen) atoms. The van der Waals surface area contributed by atoms with E-state index in [1.165, 1.54) is 5.57 Å². The summed E-state index contributed by atoms with van der Waals surface area (Å²) in [5.74, 6) is -0.201. The van der Waals surface area contributed by atoms with E-state index in [2.05, 4.69) is 22.4 Å². The number of nitrogens with two attached hydrogens (primary N) is 1. The van der Waals surface area contributed by atoms with Gasteiger partial charge in [-0.2, -0.15) is 0 Å². The quantitative estimate of drug-likeness (QED) is 0.394. The molecule has 7 nitrogen and oxygen atoms in total. The smallest absolute Gasteiger partial charge is 0.311 e. The van der Waals surface area contributed by atoms with Gasteiger partial charge in [0, 0.05) is 36.4 Å². The van der Waals surface area contributed by atoms with E-state index in [0.29, 0.717) is 31.0 Å². The summed E-state index contributed by atoms with van der Waals surface area (Å²) in [6.45, 7) is 3.91. The lowest BCUT2D eigenvalue weighted by atomic mass is 10.1. The van der Waals surface area contributed by atoms with E-state index in [-0.39, 0.29) is 17.9 Å². The van der Waals surface area contributed by atoms with E-state index < -0.39 is 0 Å². The number of allylic oxidation sites excluding steroid dienone is 1. The predicted molar refractivity (Wildman–Crippen MR) is 105 cm³/mol. The highest BCUT2D eigenvalue weighted by Crippen LogP contribution is 2.19. The molecule has 1 aromatic carbocycles. The van der Waals surface area contributed by atoms with E-state index in [4.69, 9.17) is 4.74 Å². The topological polar surface area (TPSA) is 112 Å². The van der Waals surface area contributed by atoms with Crippen molar-refractivity contribution in [3.8, 4) is 0 Å². The average molecular weight is 386 g/mol. The maximum Gasteiger partial charge on any atom is 0.311 e. The number of hydrogen-bond donors (Lipinski definition) is 4. The summed E-state index contributed by atoms with van der Waals surface area (Å²) in [5.41, 5.74) is 8.13. The zero-order valence-corrected chi connectivity index (χ0v) is 16.4. The molecule has 1 aliphatic heterocycles. The molecular formula is C21H30N4O3+2. The lowest BCUT2D eigenvalue weighted by molar-refractivity contribution is -0.521. The fourth-order valence-corrected chi connectivity index (χ4v) is 3.02. The first kappa shape index (κ1) is 20.3. The minimum absolute atomic E-state index is 0.0872. The van der Waals surface area contributed by atoms with Crippen LogP contribution in [0.3, 0.4) is 0 Å². The maximum absolute atomic E-state index is 12.5. The molecule has 1 aromatic rings. The fourth-order valence-electron chi connectivity index (χ4n) is 3.02. The van der Waals surface area contributed by atoms with Gasteiger partial charge in [0.1, 0.15) is 5.69 Å². The molecule has 150 valence electrons. The molecule has 1 heterocycles. The highest BCUT2D eigenvalue weighted by molar-refractivity contribution is 5.94. The van der Waals surface area contributed by atoms with Gasteiger partial charge in [0.05, 0.1) is 13.2 Å². The van der Waals surface area contributed by atoms with Gasteiger partial charge in [0.2, 0.25) is 5.70 Å².